The normalized spacial score (nSPS) is 17.2. The van der Waals surface area contributed by atoms with Crippen LogP contribution in [-0.2, 0) is 14.9 Å². The highest BCUT2D eigenvalue weighted by Crippen LogP contribution is 2.31. The average molecular weight is 344 g/mol. The van der Waals surface area contributed by atoms with E-state index in [9.17, 15) is 18.5 Å². The van der Waals surface area contributed by atoms with Gasteiger partial charge in [-0.15, -0.1) is 0 Å². The first-order valence-electron chi connectivity index (χ1n) is 7.02. The monoisotopic (exact) mass is 344 g/mol. The summed E-state index contributed by atoms with van der Waals surface area (Å²) in [5, 5.41) is 12.5. The van der Waals surface area contributed by atoms with E-state index in [2.05, 4.69) is 0 Å². The number of sulfonamides is 1. The Hall–Kier alpha value is -1.75. The minimum absolute atomic E-state index is 0.0815. The van der Waals surface area contributed by atoms with E-state index in [1.54, 1.807) is 0 Å². The molecule has 0 bridgehead atoms. The molecule has 0 aromatic heterocycles. The van der Waals surface area contributed by atoms with Gasteiger partial charge in [-0.05, 0) is 19.2 Å². The molecule has 0 N–H and O–H groups in total. The summed E-state index contributed by atoms with van der Waals surface area (Å²) in [5.74, 6) is 0. The maximum absolute atomic E-state index is 12.7. The van der Waals surface area contributed by atoms with Gasteiger partial charge in [-0.3, -0.25) is 20.0 Å². The second-order valence-corrected chi connectivity index (χ2v) is 7.23. The molecule has 0 amide bonds. The number of hydroxylamine groups is 1. The van der Waals surface area contributed by atoms with Crippen LogP contribution in [0.1, 0.15) is 0 Å². The van der Waals surface area contributed by atoms with Crippen LogP contribution in [-0.4, -0.2) is 69.9 Å². The van der Waals surface area contributed by atoms with E-state index >= 15 is 0 Å². The molecule has 0 spiro atoms. The van der Waals surface area contributed by atoms with E-state index < -0.39 is 14.9 Å². The number of nitrogens with zero attached hydrogens (tertiary/aromatic N) is 4. The lowest BCUT2D eigenvalue weighted by Crippen LogP contribution is -2.47. The lowest BCUT2D eigenvalue weighted by Gasteiger charge is -2.31. The summed E-state index contributed by atoms with van der Waals surface area (Å²) in [4.78, 5) is 17.5. The molecule has 0 atom stereocenters. The molecule has 1 aromatic rings. The zero-order chi connectivity index (χ0) is 17.2. The SMILES string of the molecule is CON(C)c1ccc(S(=O)(=O)N2CCN(C)CC2)cc1[N+](=O)[O-]. The van der Waals surface area contributed by atoms with Crippen molar-refractivity contribution in [3.05, 3.63) is 28.3 Å². The third-order valence-electron chi connectivity index (χ3n) is 3.86. The van der Waals surface area contributed by atoms with Crippen LogP contribution in [0.15, 0.2) is 23.1 Å². The Morgan fingerprint density at radius 3 is 2.39 bits per heavy atom. The molecule has 1 aliphatic heterocycles. The van der Waals surface area contributed by atoms with Crippen LogP contribution < -0.4 is 5.06 Å². The third-order valence-corrected chi connectivity index (χ3v) is 5.75. The third kappa shape index (κ3) is 3.61. The number of piperazine rings is 1. The number of benzene rings is 1. The van der Waals surface area contributed by atoms with Gasteiger partial charge in [-0.2, -0.15) is 4.31 Å². The maximum Gasteiger partial charge on any atom is 0.296 e. The van der Waals surface area contributed by atoms with Crippen molar-refractivity contribution < 1.29 is 18.2 Å². The van der Waals surface area contributed by atoms with E-state index in [4.69, 9.17) is 4.84 Å². The maximum atomic E-state index is 12.7. The quantitative estimate of drug-likeness (QED) is 0.568. The zero-order valence-corrected chi connectivity index (χ0v) is 14.1. The van der Waals surface area contributed by atoms with Gasteiger partial charge in [0.05, 0.1) is 16.9 Å². The van der Waals surface area contributed by atoms with Crippen molar-refractivity contribution in [1.82, 2.24) is 9.21 Å². The van der Waals surface area contributed by atoms with Crippen LogP contribution in [0.3, 0.4) is 0 Å². The molecule has 1 saturated heterocycles. The minimum Gasteiger partial charge on any atom is -0.304 e. The van der Waals surface area contributed by atoms with Gasteiger partial charge in [0, 0.05) is 39.3 Å². The molecule has 10 heteroatoms. The minimum atomic E-state index is -3.75. The van der Waals surface area contributed by atoms with Gasteiger partial charge in [-0.25, -0.2) is 8.42 Å². The molecule has 1 heterocycles. The number of nitro groups is 1. The van der Waals surface area contributed by atoms with Crippen LogP contribution in [0.5, 0.6) is 0 Å². The molecule has 1 aliphatic rings. The molecule has 23 heavy (non-hydrogen) atoms. The van der Waals surface area contributed by atoms with Crippen molar-refractivity contribution in [3.63, 3.8) is 0 Å². The zero-order valence-electron chi connectivity index (χ0n) is 13.3. The Labute approximate surface area is 135 Å². The Morgan fingerprint density at radius 2 is 1.87 bits per heavy atom. The first kappa shape index (κ1) is 17.6. The van der Waals surface area contributed by atoms with E-state index in [0.717, 1.165) is 6.07 Å². The van der Waals surface area contributed by atoms with Crippen LogP contribution in [0.25, 0.3) is 0 Å². The van der Waals surface area contributed by atoms with Gasteiger partial charge >= 0.3 is 0 Å². The molecule has 1 aromatic carbocycles. The first-order valence-corrected chi connectivity index (χ1v) is 8.46. The predicted octanol–water partition coefficient (Wildman–Crippen LogP) is 0.529. The van der Waals surface area contributed by atoms with Gasteiger partial charge in [-0.1, -0.05) is 0 Å². The van der Waals surface area contributed by atoms with Crippen molar-refractivity contribution in [1.29, 1.82) is 0 Å². The summed E-state index contributed by atoms with van der Waals surface area (Å²) in [6.07, 6.45) is 0. The van der Waals surface area contributed by atoms with Crippen molar-refractivity contribution >= 4 is 21.4 Å². The summed E-state index contributed by atoms with van der Waals surface area (Å²) >= 11 is 0. The number of likely N-dealkylation sites (N-methyl/N-ethyl adjacent to an activating group) is 1. The molecular weight excluding hydrogens is 324 g/mol. The molecule has 0 unspecified atom stereocenters. The molecule has 0 saturated carbocycles. The van der Waals surface area contributed by atoms with E-state index in [1.165, 1.54) is 35.7 Å². The Balaban J connectivity index is 2.39. The largest absolute Gasteiger partial charge is 0.304 e. The van der Waals surface area contributed by atoms with E-state index in [-0.39, 0.29) is 16.3 Å². The number of hydrogen-bond acceptors (Lipinski definition) is 7. The van der Waals surface area contributed by atoms with Gasteiger partial charge in [0.1, 0.15) is 5.69 Å². The summed E-state index contributed by atoms with van der Waals surface area (Å²) in [5.41, 5.74) is -0.126. The second-order valence-electron chi connectivity index (χ2n) is 5.30. The predicted molar refractivity (Wildman–Crippen MR) is 84.8 cm³/mol. The smallest absolute Gasteiger partial charge is 0.296 e. The Morgan fingerprint density at radius 1 is 1.26 bits per heavy atom. The lowest BCUT2D eigenvalue weighted by molar-refractivity contribution is -0.384. The second kappa shape index (κ2) is 6.79. The highest BCUT2D eigenvalue weighted by atomic mass is 32.2. The summed E-state index contributed by atoms with van der Waals surface area (Å²) in [6, 6.07) is 3.83. The van der Waals surface area contributed by atoms with Gasteiger partial charge in [0.15, 0.2) is 0 Å². The van der Waals surface area contributed by atoms with Crippen LogP contribution in [0.4, 0.5) is 11.4 Å². The number of rotatable bonds is 5. The van der Waals surface area contributed by atoms with Crippen molar-refractivity contribution in [2.24, 2.45) is 0 Å². The lowest BCUT2D eigenvalue weighted by atomic mass is 10.2. The standard InChI is InChI=1S/C13H20N4O5S/c1-14-6-8-16(9-7-14)23(20,21)11-4-5-12(15(2)22-3)13(10-11)17(18)19/h4-5,10H,6-9H2,1-3H3. The van der Waals surface area contributed by atoms with E-state index in [0.29, 0.717) is 26.2 Å². The molecular formula is C13H20N4O5S. The van der Waals surface area contributed by atoms with E-state index in [1.807, 2.05) is 11.9 Å². The molecule has 0 radical (unpaired) electrons. The summed E-state index contributed by atoms with van der Waals surface area (Å²) < 4.78 is 26.7. The Kier molecular flexibility index (Phi) is 5.19. The fourth-order valence-electron chi connectivity index (χ4n) is 2.35. The highest BCUT2D eigenvalue weighted by Gasteiger charge is 2.30. The molecule has 9 nitrogen and oxygen atoms in total. The summed E-state index contributed by atoms with van der Waals surface area (Å²) in [7, 11) is 1.06. The molecule has 128 valence electrons. The fraction of sp³-hybridized carbons (Fsp3) is 0.538. The van der Waals surface area contributed by atoms with Crippen LogP contribution >= 0.6 is 0 Å². The molecule has 2 rings (SSSR count). The average Bonchev–Trinajstić information content (AvgIpc) is 2.53. The Bertz CT molecular complexity index is 686. The van der Waals surface area contributed by atoms with Gasteiger partial charge in [0.25, 0.3) is 5.69 Å². The van der Waals surface area contributed by atoms with Crippen molar-refractivity contribution in [2.75, 3.05) is 52.4 Å². The van der Waals surface area contributed by atoms with Crippen molar-refractivity contribution in [2.45, 2.75) is 4.90 Å². The molecule has 1 fully saturated rings. The van der Waals surface area contributed by atoms with Crippen molar-refractivity contribution in [3.8, 4) is 0 Å². The topological polar surface area (TPSA) is 96.2 Å². The van der Waals surface area contributed by atoms with Gasteiger partial charge in [0.2, 0.25) is 10.0 Å². The highest BCUT2D eigenvalue weighted by molar-refractivity contribution is 7.89. The first-order chi connectivity index (χ1) is 10.8. The number of anilines is 1. The van der Waals surface area contributed by atoms with Crippen LogP contribution in [0, 0.1) is 10.1 Å². The van der Waals surface area contributed by atoms with Gasteiger partial charge < -0.3 is 4.90 Å². The number of nitro benzene ring substituents is 1. The fourth-order valence-corrected chi connectivity index (χ4v) is 3.79. The molecule has 0 aliphatic carbocycles. The summed E-state index contributed by atoms with van der Waals surface area (Å²) in [6.45, 7) is 2.00. The van der Waals surface area contributed by atoms with Crippen LogP contribution in [0.2, 0.25) is 0 Å². The number of hydrogen-bond donors (Lipinski definition) is 0.